The Morgan fingerprint density at radius 1 is 0.917 bits per heavy atom. The molecule has 1 fully saturated rings. The van der Waals surface area contributed by atoms with Crippen molar-refractivity contribution in [1.29, 1.82) is 0 Å². The molecule has 0 spiro atoms. The van der Waals surface area contributed by atoms with Crippen molar-refractivity contribution < 1.29 is 0 Å². The van der Waals surface area contributed by atoms with Crippen molar-refractivity contribution in [3.05, 3.63) is 59.5 Å². The first-order valence-corrected chi connectivity index (χ1v) is 8.88. The molecule has 1 aliphatic heterocycles. The number of hydrogen-bond donors (Lipinski definition) is 0. The van der Waals surface area contributed by atoms with Crippen LogP contribution in [0.1, 0.15) is 12.8 Å². The summed E-state index contributed by atoms with van der Waals surface area (Å²) in [7, 11) is 0. The molecule has 4 heterocycles. The molecule has 5 heteroatoms. The molecular formula is C19H17BrN4. The molecule has 1 aliphatic rings. The van der Waals surface area contributed by atoms with Crippen LogP contribution >= 0.6 is 15.9 Å². The van der Waals surface area contributed by atoms with Gasteiger partial charge in [-0.05, 0) is 64.7 Å². The van der Waals surface area contributed by atoms with Gasteiger partial charge in [-0.2, -0.15) is 0 Å². The highest BCUT2D eigenvalue weighted by Crippen LogP contribution is 2.30. The average molecular weight is 381 g/mol. The van der Waals surface area contributed by atoms with Crippen molar-refractivity contribution in [2.75, 3.05) is 18.0 Å². The summed E-state index contributed by atoms with van der Waals surface area (Å²) in [6, 6.07) is 12.2. The molecule has 0 aliphatic carbocycles. The topological polar surface area (TPSA) is 41.9 Å². The van der Waals surface area contributed by atoms with Gasteiger partial charge in [-0.25, -0.2) is 4.98 Å². The highest BCUT2D eigenvalue weighted by Gasteiger charge is 2.16. The van der Waals surface area contributed by atoms with Gasteiger partial charge in [0.2, 0.25) is 0 Å². The maximum Gasteiger partial charge on any atom is 0.129 e. The Kier molecular flexibility index (Phi) is 4.26. The van der Waals surface area contributed by atoms with Crippen LogP contribution in [-0.4, -0.2) is 28.0 Å². The van der Waals surface area contributed by atoms with E-state index < -0.39 is 0 Å². The molecule has 4 rings (SSSR count). The molecule has 0 atom stereocenters. The number of rotatable bonds is 3. The maximum atomic E-state index is 4.86. The first kappa shape index (κ1) is 15.3. The third kappa shape index (κ3) is 3.17. The van der Waals surface area contributed by atoms with Crippen molar-refractivity contribution >= 4 is 21.7 Å². The van der Waals surface area contributed by atoms with Gasteiger partial charge >= 0.3 is 0 Å². The smallest absolute Gasteiger partial charge is 0.129 e. The van der Waals surface area contributed by atoms with Crippen molar-refractivity contribution in [3.8, 4) is 22.5 Å². The molecule has 120 valence electrons. The molecule has 0 unspecified atom stereocenters. The molecule has 4 nitrogen and oxygen atoms in total. The van der Waals surface area contributed by atoms with Gasteiger partial charge < -0.3 is 4.90 Å². The highest BCUT2D eigenvalue weighted by atomic mass is 79.9. The van der Waals surface area contributed by atoms with Crippen LogP contribution < -0.4 is 4.90 Å². The lowest BCUT2D eigenvalue weighted by atomic mass is 10.1. The summed E-state index contributed by atoms with van der Waals surface area (Å²) in [5.74, 6) is 1.02. The quantitative estimate of drug-likeness (QED) is 0.667. The van der Waals surface area contributed by atoms with Crippen molar-refractivity contribution in [2.45, 2.75) is 12.8 Å². The van der Waals surface area contributed by atoms with Crippen LogP contribution in [0.2, 0.25) is 0 Å². The fraction of sp³-hybridized carbons (Fsp3) is 0.211. The minimum Gasteiger partial charge on any atom is -0.357 e. The van der Waals surface area contributed by atoms with Gasteiger partial charge in [-0.15, -0.1) is 0 Å². The SMILES string of the molecule is Brc1cncc(-c2cc(-c3ccccn3)nc(N3CCCC3)c2)c1. The second-order valence-corrected chi connectivity index (χ2v) is 6.82. The van der Waals surface area contributed by atoms with Crippen LogP contribution in [-0.2, 0) is 0 Å². The van der Waals surface area contributed by atoms with Crippen molar-refractivity contribution in [1.82, 2.24) is 15.0 Å². The third-order valence-corrected chi connectivity index (χ3v) is 4.64. The van der Waals surface area contributed by atoms with Crippen LogP contribution in [0.3, 0.4) is 0 Å². The highest BCUT2D eigenvalue weighted by molar-refractivity contribution is 9.10. The van der Waals surface area contributed by atoms with Crippen LogP contribution in [0.4, 0.5) is 5.82 Å². The van der Waals surface area contributed by atoms with E-state index in [4.69, 9.17) is 4.98 Å². The lowest BCUT2D eigenvalue weighted by Gasteiger charge is -2.18. The molecule has 0 aromatic carbocycles. The lowest BCUT2D eigenvalue weighted by molar-refractivity contribution is 0.938. The summed E-state index contributed by atoms with van der Waals surface area (Å²) in [6.45, 7) is 2.13. The Hall–Kier alpha value is -2.27. The molecule has 3 aromatic heterocycles. The van der Waals surface area contributed by atoms with E-state index in [9.17, 15) is 0 Å². The standard InChI is InChI=1S/C19H17BrN4/c20-16-9-15(12-21-13-16)14-10-18(17-5-1-2-6-22-17)23-19(11-14)24-7-3-4-8-24/h1-2,5-6,9-13H,3-4,7-8H2. The summed E-state index contributed by atoms with van der Waals surface area (Å²) in [6.07, 6.45) is 7.94. The van der Waals surface area contributed by atoms with Crippen LogP contribution in [0.15, 0.2) is 59.5 Å². The summed E-state index contributed by atoms with van der Waals surface area (Å²) in [5.41, 5.74) is 3.98. The van der Waals surface area contributed by atoms with E-state index in [0.29, 0.717) is 0 Å². The number of hydrogen-bond acceptors (Lipinski definition) is 4. The fourth-order valence-corrected chi connectivity index (χ4v) is 3.37. The summed E-state index contributed by atoms with van der Waals surface area (Å²) < 4.78 is 0.971. The Balaban J connectivity index is 1.85. The number of anilines is 1. The van der Waals surface area contributed by atoms with E-state index in [2.05, 4.69) is 49.0 Å². The first-order chi connectivity index (χ1) is 11.8. The zero-order valence-corrected chi connectivity index (χ0v) is 14.8. The van der Waals surface area contributed by atoms with Crippen LogP contribution in [0.25, 0.3) is 22.5 Å². The zero-order chi connectivity index (χ0) is 16.4. The predicted octanol–water partition coefficient (Wildman–Crippen LogP) is 4.57. The summed E-state index contributed by atoms with van der Waals surface area (Å²) in [5, 5.41) is 0. The number of aromatic nitrogens is 3. The number of nitrogens with zero attached hydrogens (tertiary/aromatic N) is 4. The molecular weight excluding hydrogens is 364 g/mol. The molecule has 0 N–H and O–H groups in total. The Labute approximate surface area is 149 Å². The Morgan fingerprint density at radius 3 is 2.54 bits per heavy atom. The number of pyridine rings is 3. The zero-order valence-electron chi connectivity index (χ0n) is 13.2. The van der Waals surface area contributed by atoms with Crippen LogP contribution in [0, 0.1) is 0 Å². The monoisotopic (exact) mass is 380 g/mol. The second-order valence-electron chi connectivity index (χ2n) is 5.90. The van der Waals surface area contributed by atoms with Gasteiger partial charge in [0.25, 0.3) is 0 Å². The Morgan fingerprint density at radius 2 is 1.79 bits per heavy atom. The molecule has 0 saturated carbocycles. The average Bonchev–Trinajstić information content (AvgIpc) is 3.17. The van der Waals surface area contributed by atoms with E-state index in [1.54, 1.807) is 12.4 Å². The molecule has 3 aromatic rings. The van der Waals surface area contributed by atoms with Gasteiger partial charge in [0, 0.05) is 41.7 Å². The first-order valence-electron chi connectivity index (χ1n) is 8.09. The molecule has 0 bridgehead atoms. The van der Waals surface area contributed by atoms with Crippen molar-refractivity contribution in [3.63, 3.8) is 0 Å². The van der Waals surface area contributed by atoms with Crippen LogP contribution in [0.5, 0.6) is 0 Å². The molecule has 24 heavy (non-hydrogen) atoms. The predicted molar refractivity (Wildman–Crippen MR) is 99.8 cm³/mol. The lowest BCUT2D eigenvalue weighted by Crippen LogP contribution is -2.19. The van der Waals surface area contributed by atoms with Gasteiger partial charge in [-0.3, -0.25) is 9.97 Å². The normalized spacial score (nSPS) is 14.1. The third-order valence-electron chi connectivity index (χ3n) is 4.21. The van der Waals surface area contributed by atoms with Gasteiger partial charge in [0.1, 0.15) is 5.82 Å². The minimum atomic E-state index is 0.891. The molecule has 0 amide bonds. The van der Waals surface area contributed by atoms with E-state index in [1.807, 2.05) is 24.4 Å². The van der Waals surface area contributed by atoms with E-state index in [-0.39, 0.29) is 0 Å². The largest absolute Gasteiger partial charge is 0.357 e. The van der Waals surface area contributed by atoms with Gasteiger partial charge in [-0.1, -0.05) is 6.07 Å². The van der Waals surface area contributed by atoms with E-state index in [0.717, 1.165) is 45.9 Å². The van der Waals surface area contributed by atoms with Gasteiger partial charge in [0.15, 0.2) is 0 Å². The fourth-order valence-electron chi connectivity index (χ4n) is 3.01. The maximum absolute atomic E-state index is 4.86. The van der Waals surface area contributed by atoms with E-state index >= 15 is 0 Å². The summed E-state index contributed by atoms with van der Waals surface area (Å²) >= 11 is 3.51. The number of halogens is 1. The molecule has 1 saturated heterocycles. The second kappa shape index (κ2) is 6.69. The minimum absolute atomic E-state index is 0.891. The Bertz CT molecular complexity index is 845. The summed E-state index contributed by atoms with van der Waals surface area (Å²) in [4.78, 5) is 16.0. The molecule has 0 radical (unpaired) electrons. The van der Waals surface area contributed by atoms with Crippen molar-refractivity contribution in [2.24, 2.45) is 0 Å². The van der Waals surface area contributed by atoms with E-state index in [1.165, 1.54) is 12.8 Å². The van der Waals surface area contributed by atoms with Gasteiger partial charge in [0.05, 0.1) is 11.4 Å².